The van der Waals surface area contributed by atoms with Crippen LogP contribution in [-0.4, -0.2) is 9.97 Å². The predicted octanol–water partition coefficient (Wildman–Crippen LogP) is 2.19. The van der Waals surface area contributed by atoms with E-state index in [0.29, 0.717) is 10.5 Å². The van der Waals surface area contributed by atoms with Crippen LogP contribution in [0.4, 0.5) is 0 Å². The van der Waals surface area contributed by atoms with Crippen LogP contribution in [-0.2, 0) is 0 Å². The Balaban J connectivity index is 3.02. The van der Waals surface area contributed by atoms with Crippen LogP contribution in [0, 0.1) is 11.6 Å². The monoisotopic (exact) mass is 166 g/mol. The number of aryl methyl sites for hydroxylation is 1. The molecule has 0 unspecified atom stereocenters. The summed E-state index contributed by atoms with van der Waals surface area (Å²) in [7, 11) is 0. The lowest BCUT2D eigenvalue weighted by Gasteiger charge is -1.83. The molecule has 3 nitrogen and oxygen atoms in total. The molecule has 56 valence electrons. The molecule has 2 aromatic rings. The minimum Gasteiger partial charge on any atom is -0.441 e. The fourth-order valence-corrected chi connectivity index (χ4v) is 1.19. The normalized spacial score (nSPS) is 10.6. The van der Waals surface area contributed by atoms with Crippen LogP contribution < -0.4 is 0 Å². The van der Waals surface area contributed by atoms with Crippen molar-refractivity contribution in [1.82, 2.24) is 9.97 Å². The molecule has 0 radical (unpaired) electrons. The van der Waals surface area contributed by atoms with Crippen molar-refractivity contribution >= 4 is 23.3 Å². The Bertz CT molecular complexity index is 443. The van der Waals surface area contributed by atoms with Gasteiger partial charge in [0.25, 0.3) is 0 Å². The summed E-state index contributed by atoms with van der Waals surface area (Å²) in [4.78, 5) is 6.99. The SMILES string of the molecule is Cc1nc2c(=S)[nH]ccc2o1. The maximum atomic E-state index is 5.25. The van der Waals surface area contributed by atoms with E-state index >= 15 is 0 Å². The average Bonchev–Trinajstić information content (AvgIpc) is 2.31. The second kappa shape index (κ2) is 2.17. The second-order valence-electron chi connectivity index (χ2n) is 2.25. The van der Waals surface area contributed by atoms with Gasteiger partial charge in [0.05, 0.1) is 0 Å². The van der Waals surface area contributed by atoms with E-state index in [1.54, 1.807) is 13.1 Å². The van der Waals surface area contributed by atoms with Gasteiger partial charge >= 0.3 is 0 Å². The minimum absolute atomic E-state index is 0.624. The molecule has 0 aromatic carbocycles. The largest absolute Gasteiger partial charge is 0.441 e. The third-order valence-corrected chi connectivity index (χ3v) is 1.74. The lowest BCUT2D eigenvalue weighted by atomic mass is 10.4. The predicted molar refractivity (Wildman–Crippen MR) is 43.9 cm³/mol. The van der Waals surface area contributed by atoms with Crippen LogP contribution in [0.15, 0.2) is 16.7 Å². The first kappa shape index (κ1) is 6.54. The molecule has 0 fully saturated rings. The van der Waals surface area contributed by atoms with Crippen LogP contribution in [0.1, 0.15) is 5.89 Å². The molecule has 0 amide bonds. The van der Waals surface area contributed by atoms with E-state index in [9.17, 15) is 0 Å². The van der Waals surface area contributed by atoms with Gasteiger partial charge in [-0.2, -0.15) is 0 Å². The number of oxazole rings is 1. The van der Waals surface area contributed by atoms with E-state index in [2.05, 4.69) is 9.97 Å². The number of pyridine rings is 1. The summed E-state index contributed by atoms with van der Waals surface area (Å²) >= 11 is 4.99. The van der Waals surface area contributed by atoms with Gasteiger partial charge in [0.1, 0.15) is 10.2 Å². The molecule has 0 saturated carbocycles. The van der Waals surface area contributed by atoms with Crippen molar-refractivity contribution in [2.24, 2.45) is 0 Å². The molecule has 0 atom stereocenters. The fourth-order valence-electron chi connectivity index (χ4n) is 0.980. The van der Waals surface area contributed by atoms with Crippen LogP contribution in [0.3, 0.4) is 0 Å². The smallest absolute Gasteiger partial charge is 0.192 e. The van der Waals surface area contributed by atoms with Gasteiger partial charge in [0.2, 0.25) is 0 Å². The average molecular weight is 166 g/mol. The molecular formula is C7H6N2OS. The molecule has 0 aliphatic rings. The molecule has 0 aliphatic carbocycles. The van der Waals surface area contributed by atoms with Gasteiger partial charge in [-0.25, -0.2) is 4.98 Å². The highest BCUT2D eigenvalue weighted by Crippen LogP contribution is 2.13. The number of rotatable bonds is 0. The summed E-state index contributed by atoms with van der Waals surface area (Å²) in [5.41, 5.74) is 1.48. The van der Waals surface area contributed by atoms with E-state index in [4.69, 9.17) is 16.6 Å². The summed E-state index contributed by atoms with van der Waals surface area (Å²) in [5.74, 6) is 0.644. The lowest BCUT2D eigenvalue weighted by Crippen LogP contribution is -1.74. The maximum absolute atomic E-state index is 5.25. The van der Waals surface area contributed by atoms with Gasteiger partial charge in [-0.1, -0.05) is 12.2 Å². The van der Waals surface area contributed by atoms with Gasteiger partial charge in [-0.3, -0.25) is 0 Å². The highest BCUT2D eigenvalue weighted by atomic mass is 32.1. The molecule has 0 aliphatic heterocycles. The molecule has 1 N–H and O–H groups in total. The minimum atomic E-state index is 0.624. The quantitative estimate of drug-likeness (QED) is 0.610. The van der Waals surface area contributed by atoms with E-state index in [1.807, 2.05) is 6.07 Å². The zero-order chi connectivity index (χ0) is 7.84. The molecule has 2 rings (SSSR count). The van der Waals surface area contributed by atoms with Gasteiger partial charge in [0.15, 0.2) is 11.5 Å². The molecule has 2 heterocycles. The van der Waals surface area contributed by atoms with Gasteiger partial charge in [-0.05, 0) is 6.07 Å². The molecule has 0 spiro atoms. The topological polar surface area (TPSA) is 41.8 Å². The van der Waals surface area contributed by atoms with Crippen molar-refractivity contribution in [2.45, 2.75) is 6.92 Å². The van der Waals surface area contributed by atoms with Crippen molar-refractivity contribution in [2.75, 3.05) is 0 Å². The highest BCUT2D eigenvalue weighted by Gasteiger charge is 2.00. The van der Waals surface area contributed by atoms with E-state index < -0.39 is 0 Å². The summed E-state index contributed by atoms with van der Waals surface area (Å²) in [6, 6.07) is 1.81. The molecule has 4 heteroatoms. The van der Waals surface area contributed by atoms with E-state index in [1.165, 1.54) is 0 Å². The number of fused-ring (bicyclic) bond motifs is 1. The first-order chi connectivity index (χ1) is 5.27. The molecule has 0 bridgehead atoms. The van der Waals surface area contributed by atoms with Crippen molar-refractivity contribution < 1.29 is 4.42 Å². The van der Waals surface area contributed by atoms with Crippen LogP contribution >= 0.6 is 12.2 Å². The van der Waals surface area contributed by atoms with Crippen LogP contribution in [0.2, 0.25) is 0 Å². The number of aromatic amines is 1. The Kier molecular flexibility index (Phi) is 1.29. The number of hydrogen-bond acceptors (Lipinski definition) is 3. The Morgan fingerprint density at radius 3 is 3.18 bits per heavy atom. The molecule has 11 heavy (non-hydrogen) atoms. The van der Waals surface area contributed by atoms with Crippen LogP contribution in [0.5, 0.6) is 0 Å². The molecule has 0 saturated heterocycles. The van der Waals surface area contributed by atoms with Crippen molar-refractivity contribution in [3.8, 4) is 0 Å². The van der Waals surface area contributed by atoms with E-state index in [-0.39, 0.29) is 0 Å². The fraction of sp³-hybridized carbons (Fsp3) is 0.143. The van der Waals surface area contributed by atoms with Gasteiger partial charge in [-0.15, -0.1) is 0 Å². The summed E-state index contributed by atoms with van der Waals surface area (Å²) in [6.45, 7) is 1.80. The Hall–Kier alpha value is -1.16. The third-order valence-electron chi connectivity index (χ3n) is 1.42. The number of aromatic nitrogens is 2. The first-order valence-electron chi connectivity index (χ1n) is 3.22. The lowest BCUT2D eigenvalue weighted by molar-refractivity contribution is 0.561. The molecule has 2 aromatic heterocycles. The Morgan fingerprint density at radius 1 is 1.64 bits per heavy atom. The number of nitrogens with one attached hydrogen (secondary N) is 1. The highest BCUT2D eigenvalue weighted by molar-refractivity contribution is 7.71. The summed E-state index contributed by atoms with van der Waals surface area (Å²) in [5, 5.41) is 0. The third kappa shape index (κ3) is 0.952. The summed E-state index contributed by atoms with van der Waals surface area (Å²) in [6.07, 6.45) is 1.75. The zero-order valence-electron chi connectivity index (χ0n) is 5.92. The number of H-pyrrole nitrogens is 1. The summed E-state index contributed by atoms with van der Waals surface area (Å²) < 4.78 is 5.88. The van der Waals surface area contributed by atoms with Crippen molar-refractivity contribution in [3.63, 3.8) is 0 Å². The maximum Gasteiger partial charge on any atom is 0.192 e. The van der Waals surface area contributed by atoms with Gasteiger partial charge in [0, 0.05) is 13.1 Å². The first-order valence-corrected chi connectivity index (χ1v) is 3.63. The number of nitrogens with zero attached hydrogens (tertiary/aromatic N) is 1. The van der Waals surface area contributed by atoms with Crippen molar-refractivity contribution in [1.29, 1.82) is 0 Å². The standard InChI is InChI=1S/C7H6N2OS/c1-4-9-6-5(10-4)2-3-8-7(6)11/h2-3H,1H3,(H,8,11). The Morgan fingerprint density at radius 2 is 2.45 bits per heavy atom. The second-order valence-corrected chi connectivity index (χ2v) is 2.66. The van der Waals surface area contributed by atoms with E-state index in [0.717, 1.165) is 11.1 Å². The van der Waals surface area contributed by atoms with Crippen LogP contribution in [0.25, 0.3) is 11.1 Å². The zero-order valence-corrected chi connectivity index (χ0v) is 6.73. The van der Waals surface area contributed by atoms with Gasteiger partial charge < -0.3 is 9.40 Å². The Labute approximate surface area is 68.1 Å². The number of hydrogen-bond donors (Lipinski definition) is 1. The van der Waals surface area contributed by atoms with Crippen molar-refractivity contribution in [3.05, 3.63) is 22.8 Å². The molecular weight excluding hydrogens is 160 g/mol.